The Bertz CT molecular complexity index is 828. The monoisotopic (exact) mass is 334 g/mol. The predicted octanol–water partition coefficient (Wildman–Crippen LogP) is 6.45. The Morgan fingerprint density at radius 3 is 2.50 bits per heavy atom. The van der Waals surface area contributed by atoms with E-state index in [0.29, 0.717) is 0 Å². The molecule has 7 rings (SSSR count). The van der Waals surface area contributed by atoms with Crippen LogP contribution in [0.1, 0.15) is 49.7 Å². The molecule has 0 aromatic heterocycles. The van der Waals surface area contributed by atoms with E-state index in [1.807, 2.05) is 0 Å². The first-order valence-electron chi connectivity index (χ1n) is 9.66. The fraction of sp³-hybridized carbons (Fsp3) is 0.478. The quantitative estimate of drug-likeness (QED) is 0.519. The van der Waals surface area contributed by atoms with Gasteiger partial charge in [-0.15, -0.1) is 0 Å². The Balaban J connectivity index is 1.69. The number of hydrogen-bond donors (Lipinski definition) is 0. The van der Waals surface area contributed by atoms with Crippen LogP contribution < -0.4 is 0 Å². The Labute approximate surface area is 149 Å². The van der Waals surface area contributed by atoms with E-state index in [-0.39, 0.29) is 5.41 Å². The summed E-state index contributed by atoms with van der Waals surface area (Å²) in [6.45, 7) is 0. The second-order valence-electron chi connectivity index (χ2n) is 8.75. The van der Waals surface area contributed by atoms with Crippen LogP contribution in [0.25, 0.3) is 11.1 Å². The summed E-state index contributed by atoms with van der Waals surface area (Å²) in [7, 11) is 0. The lowest BCUT2D eigenvalue weighted by molar-refractivity contribution is 0.0618. The lowest BCUT2D eigenvalue weighted by atomic mass is 9.51. The van der Waals surface area contributed by atoms with Crippen molar-refractivity contribution < 1.29 is 0 Å². The molecule has 0 heterocycles. The SMILES string of the molecule is Clc1ccc2c(c1)C1(c3ccccc3-2)C2CCC3CC(C2)CC1C3. The predicted molar refractivity (Wildman–Crippen MR) is 99.3 cm³/mol. The van der Waals surface area contributed by atoms with Crippen molar-refractivity contribution in [1.82, 2.24) is 0 Å². The summed E-state index contributed by atoms with van der Waals surface area (Å²) >= 11 is 6.50. The molecule has 5 aliphatic rings. The topological polar surface area (TPSA) is 0 Å². The highest BCUT2D eigenvalue weighted by atomic mass is 35.5. The van der Waals surface area contributed by atoms with E-state index >= 15 is 0 Å². The van der Waals surface area contributed by atoms with Crippen LogP contribution in [0, 0.1) is 23.7 Å². The summed E-state index contributed by atoms with van der Waals surface area (Å²) in [5, 5.41) is 0.911. The highest BCUT2D eigenvalue weighted by Crippen LogP contribution is 2.67. The molecule has 4 fully saturated rings. The lowest BCUT2D eigenvalue weighted by Gasteiger charge is -2.53. The highest BCUT2D eigenvalue weighted by Gasteiger charge is 2.59. The summed E-state index contributed by atoms with van der Waals surface area (Å²) in [6.07, 6.45) is 8.69. The molecular weight excluding hydrogens is 312 g/mol. The van der Waals surface area contributed by atoms with E-state index in [2.05, 4.69) is 42.5 Å². The van der Waals surface area contributed by atoms with Crippen LogP contribution in [0.15, 0.2) is 42.5 Å². The summed E-state index contributed by atoms with van der Waals surface area (Å²) in [6, 6.07) is 15.9. The first kappa shape index (κ1) is 14.0. The number of benzene rings is 2. The smallest absolute Gasteiger partial charge is 0.0409 e. The maximum Gasteiger partial charge on any atom is 0.0409 e. The van der Waals surface area contributed by atoms with Crippen LogP contribution >= 0.6 is 11.6 Å². The van der Waals surface area contributed by atoms with E-state index in [4.69, 9.17) is 11.6 Å². The normalized spacial score (nSPS) is 38.2. The zero-order valence-electron chi connectivity index (χ0n) is 14.0. The van der Waals surface area contributed by atoms with Crippen LogP contribution in [-0.2, 0) is 5.41 Å². The molecule has 0 N–H and O–H groups in total. The van der Waals surface area contributed by atoms with E-state index in [0.717, 1.165) is 28.7 Å². The van der Waals surface area contributed by atoms with Gasteiger partial charge in [0.15, 0.2) is 0 Å². The third-order valence-corrected chi connectivity index (χ3v) is 8.06. The standard InChI is InChI=1S/C23H23Cl/c24-18-7-8-20-19-3-1-2-4-21(19)23(22(20)13-18)16-6-5-14-9-15(11-16)12-17(23)10-14/h1-4,7-8,13-17H,5-6,9-12H2. The third kappa shape index (κ3) is 1.57. The van der Waals surface area contributed by atoms with Crippen LogP contribution in [-0.4, -0.2) is 0 Å². The van der Waals surface area contributed by atoms with Crippen LogP contribution in [0.3, 0.4) is 0 Å². The van der Waals surface area contributed by atoms with Crippen molar-refractivity contribution in [3.8, 4) is 11.1 Å². The lowest BCUT2D eigenvalue weighted by Crippen LogP contribution is -2.48. The number of hydrogen-bond acceptors (Lipinski definition) is 0. The minimum atomic E-state index is 0.252. The second-order valence-corrected chi connectivity index (χ2v) is 9.19. The minimum Gasteiger partial charge on any atom is -0.0843 e. The van der Waals surface area contributed by atoms with E-state index in [1.165, 1.54) is 49.7 Å². The highest BCUT2D eigenvalue weighted by molar-refractivity contribution is 6.30. The Morgan fingerprint density at radius 2 is 1.54 bits per heavy atom. The largest absolute Gasteiger partial charge is 0.0843 e. The molecule has 4 saturated carbocycles. The van der Waals surface area contributed by atoms with Gasteiger partial charge in [-0.1, -0.05) is 48.4 Å². The summed E-state index contributed by atoms with van der Waals surface area (Å²) in [5.41, 5.74) is 6.38. The van der Waals surface area contributed by atoms with Crippen molar-refractivity contribution in [3.05, 3.63) is 58.6 Å². The van der Waals surface area contributed by atoms with Crippen molar-refractivity contribution in [3.63, 3.8) is 0 Å². The van der Waals surface area contributed by atoms with Gasteiger partial charge in [-0.05, 0) is 90.2 Å². The zero-order valence-corrected chi connectivity index (χ0v) is 14.7. The van der Waals surface area contributed by atoms with Gasteiger partial charge in [0.2, 0.25) is 0 Å². The molecule has 24 heavy (non-hydrogen) atoms. The third-order valence-electron chi connectivity index (χ3n) is 7.82. The van der Waals surface area contributed by atoms with E-state index < -0.39 is 0 Å². The minimum absolute atomic E-state index is 0.252. The van der Waals surface area contributed by atoms with Crippen LogP contribution in [0.5, 0.6) is 0 Å². The number of fused-ring (bicyclic) bond motifs is 4. The van der Waals surface area contributed by atoms with Crippen LogP contribution in [0.2, 0.25) is 5.02 Å². The molecule has 0 nitrogen and oxygen atoms in total. The molecule has 5 atom stereocenters. The fourth-order valence-electron chi connectivity index (χ4n) is 7.27. The molecular formula is C23H23Cl. The average Bonchev–Trinajstić information content (AvgIpc) is 2.71. The van der Waals surface area contributed by atoms with Gasteiger partial charge in [0.25, 0.3) is 0 Å². The summed E-state index contributed by atoms with van der Waals surface area (Å²) < 4.78 is 0. The molecule has 2 aromatic rings. The van der Waals surface area contributed by atoms with Crippen molar-refractivity contribution >= 4 is 11.6 Å². The van der Waals surface area contributed by atoms with Gasteiger partial charge in [-0.3, -0.25) is 0 Å². The Morgan fingerprint density at radius 1 is 0.750 bits per heavy atom. The number of halogens is 1. The maximum absolute atomic E-state index is 6.50. The molecule has 1 heteroatoms. The molecule has 2 aromatic carbocycles. The first-order chi connectivity index (χ1) is 11.8. The molecule has 4 bridgehead atoms. The van der Waals surface area contributed by atoms with E-state index in [9.17, 15) is 0 Å². The molecule has 0 radical (unpaired) electrons. The van der Waals surface area contributed by atoms with Gasteiger partial charge >= 0.3 is 0 Å². The van der Waals surface area contributed by atoms with Crippen molar-refractivity contribution in [2.45, 2.75) is 43.9 Å². The Hall–Kier alpha value is -1.27. The molecule has 1 spiro atoms. The zero-order chi connectivity index (χ0) is 15.9. The van der Waals surface area contributed by atoms with E-state index in [1.54, 1.807) is 11.1 Å². The second kappa shape index (κ2) is 4.67. The first-order valence-corrected chi connectivity index (χ1v) is 10.0. The van der Waals surface area contributed by atoms with Crippen molar-refractivity contribution in [2.24, 2.45) is 23.7 Å². The van der Waals surface area contributed by atoms with Gasteiger partial charge in [-0.2, -0.15) is 0 Å². The number of rotatable bonds is 0. The summed E-state index contributed by atoms with van der Waals surface area (Å²) in [4.78, 5) is 0. The molecule has 0 saturated heterocycles. The molecule has 0 aliphatic heterocycles. The Kier molecular flexibility index (Phi) is 2.71. The van der Waals surface area contributed by atoms with Gasteiger partial charge in [-0.25, -0.2) is 0 Å². The average molecular weight is 335 g/mol. The maximum atomic E-state index is 6.50. The van der Waals surface area contributed by atoms with Gasteiger partial charge < -0.3 is 0 Å². The fourth-order valence-corrected chi connectivity index (χ4v) is 7.44. The molecule has 0 amide bonds. The van der Waals surface area contributed by atoms with Crippen molar-refractivity contribution in [2.75, 3.05) is 0 Å². The van der Waals surface area contributed by atoms with Gasteiger partial charge in [0.05, 0.1) is 0 Å². The van der Waals surface area contributed by atoms with Gasteiger partial charge in [0, 0.05) is 10.4 Å². The molecule has 122 valence electrons. The molecule has 5 aliphatic carbocycles. The van der Waals surface area contributed by atoms with Crippen LogP contribution in [0.4, 0.5) is 0 Å². The van der Waals surface area contributed by atoms with Gasteiger partial charge in [0.1, 0.15) is 0 Å². The van der Waals surface area contributed by atoms with Crippen molar-refractivity contribution in [1.29, 1.82) is 0 Å². The molecule has 5 unspecified atom stereocenters. The summed E-state index contributed by atoms with van der Waals surface area (Å²) in [5.74, 6) is 3.61.